The summed E-state index contributed by atoms with van der Waals surface area (Å²) >= 11 is 1.69. The molecule has 0 aliphatic carbocycles. The minimum absolute atomic E-state index is 0. The molecule has 0 bridgehead atoms. The van der Waals surface area contributed by atoms with Crippen molar-refractivity contribution in [3.63, 3.8) is 0 Å². The quantitative estimate of drug-likeness (QED) is 0.591. The van der Waals surface area contributed by atoms with E-state index in [1.54, 1.807) is 24.0 Å². The van der Waals surface area contributed by atoms with Crippen molar-refractivity contribution in [1.82, 2.24) is 0 Å². The summed E-state index contributed by atoms with van der Waals surface area (Å²) in [5.74, 6) is 2.83. The van der Waals surface area contributed by atoms with Gasteiger partial charge in [0.25, 0.3) is 0 Å². The third-order valence-corrected chi connectivity index (χ3v) is 1.57. The van der Waals surface area contributed by atoms with Crippen LogP contribution >= 0.6 is 11.8 Å². The Kier molecular flexibility index (Phi) is 23.0. The number of hydrogen-bond acceptors (Lipinski definition) is 2. The molecule has 1 rings (SSSR count). The van der Waals surface area contributed by atoms with Gasteiger partial charge in [0, 0.05) is 104 Å². The summed E-state index contributed by atoms with van der Waals surface area (Å²) in [7, 11) is 0. The molecular formula is C5H7OSY3-. The average molecular weight is 382 g/mol. The molecule has 1 aliphatic heterocycles. The summed E-state index contributed by atoms with van der Waals surface area (Å²) in [4.78, 5) is 0. The van der Waals surface area contributed by atoms with Crippen LogP contribution in [0.1, 0.15) is 6.92 Å². The molecule has 0 saturated heterocycles. The van der Waals surface area contributed by atoms with E-state index in [0.29, 0.717) is 0 Å². The molecule has 0 aromatic carbocycles. The first-order valence-corrected chi connectivity index (χ1v) is 3.19. The van der Waals surface area contributed by atoms with Crippen LogP contribution in [-0.2, 0) is 103 Å². The zero-order chi connectivity index (χ0) is 5.11. The molecule has 49 valence electrons. The van der Waals surface area contributed by atoms with Crippen LogP contribution in [-0.4, -0.2) is 5.75 Å². The Morgan fingerprint density at radius 3 is 2.30 bits per heavy atom. The molecular weight excluding hydrogens is 375 g/mol. The van der Waals surface area contributed by atoms with Gasteiger partial charge in [-0.15, -0.1) is 5.94 Å². The Bertz CT molecular complexity index is 96.9. The molecule has 1 heterocycles. The molecule has 3 radical (unpaired) electrons. The Labute approximate surface area is 142 Å². The summed E-state index contributed by atoms with van der Waals surface area (Å²) in [5.41, 5.74) is 1.30. The Hall–Kier alpha value is 3.20. The zero-order valence-electron chi connectivity index (χ0n) is 5.91. The molecule has 0 aromatic heterocycles. The van der Waals surface area contributed by atoms with Gasteiger partial charge in [0.2, 0.25) is 0 Å². The monoisotopic (exact) mass is 382 g/mol. The fraction of sp³-hybridized carbons (Fsp3) is 0.400. The first-order chi connectivity index (χ1) is 3.39. The van der Waals surface area contributed by atoms with Gasteiger partial charge in [-0.05, 0) is 18.2 Å². The van der Waals surface area contributed by atoms with E-state index in [-0.39, 0.29) is 98.1 Å². The van der Waals surface area contributed by atoms with Crippen molar-refractivity contribution in [1.29, 1.82) is 0 Å². The van der Waals surface area contributed by atoms with Crippen LogP contribution in [0.5, 0.6) is 0 Å². The van der Waals surface area contributed by atoms with Gasteiger partial charge >= 0.3 is 0 Å². The second kappa shape index (κ2) is 12.2. The Morgan fingerprint density at radius 1 is 1.50 bits per heavy atom. The number of hydrogen-bond donors (Lipinski definition) is 0. The fourth-order valence-corrected chi connectivity index (χ4v) is 0.916. The second-order valence-electron chi connectivity index (χ2n) is 1.51. The molecule has 0 fully saturated rings. The van der Waals surface area contributed by atoms with E-state index in [1.807, 2.05) is 0 Å². The van der Waals surface area contributed by atoms with Crippen LogP contribution in [0, 0.1) is 5.94 Å². The molecule has 0 unspecified atom stereocenters. The van der Waals surface area contributed by atoms with Crippen molar-refractivity contribution in [2.75, 3.05) is 5.75 Å². The predicted molar refractivity (Wildman–Crippen MR) is 31.6 cm³/mol. The maximum Gasteiger partial charge on any atom is 0.0465 e. The Balaban J connectivity index is -0.000000163. The molecule has 0 saturated carbocycles. The first-order valence-electron chi connectivity index (χ1n) is 2.14. The van der Waals surface area contributed by atoms with E-state index in [0.717, 1.165) is 5.75 Å². The first kappa shape index (κ1) is 18.9. The Morgan fingerprint density at radius 2 is 2.10 bits per heavy atom. The van der Waals surface area contributed by atoms with Gasteiger partial charge in [0.05, 0.1) is 0 Å². The second-order valence-corrected chi connectivity index (χ2v) is 2.32. The normalized spacial score (nSPS) is 14.3. The molecule has 0 aromatic rings. The summed E-state index contributed by atoms with van der Waals surface area (Å²) < 4.78 is 4.86. The van der Waals surface area contributed by atoms with E-state index in [2.05, 4.69) is 6.92 Å². The molecule has 5 heteroatoms. The summed E-state index contributed by atoms with van der Waals surface area (Å²) in [6, 6.07) is 0. The van der Waals surface area contributed by atoms with Crippen molar-refractivity contribution in [2.45, 2.75) is 6.92 Å². The predicted octanol–water partition coefficient (Wildman–Crippen LogP) is 1.77. The number of rotatable bonds is 0. The van der Waals surface area contributed by atoms with E-state index in [4.69, 9.17) is 4.74 Å². The molecule has 0 spiro atoms. The number of thioether (sulfide) groups is 1. The van der Waals surface area contributed by atoms with Crippen LogP contribution in [0.3, 0.4) is 0 Å². The van der Waals surface area contributed by atoms with Crippen molar-refractivity contribution < 1.29 is 103 Å². The summed E-state index contributed by atoms with van der Waals surface area (Å²) in [6.07, 6.45) is 1.77. The molecule has 1 nitrogen and oxygen atoms in total. The minimum Gasteiger partial charge on any atom is -0.657 e. The van der Waals surface area contributed by atoms with Gasteiger partial charge in [-0.2, -0.15) is 0 Å². The minimum atomic E-state index is 0. The number of ether oxygens (including phenoxy) is 1. The van der Waals surface area contributed by atoms with Crippen molar-refractivity contribution in [3.05, 3.63) is 17.8 Å². The van der Waals surface area contributed by atoms with Crippen LogP contribution < -0.4 is 0 Å². The summed E-state index contributed by atoms with van der Waals surface area (Å²) in [5, 5.41) is 0. The van der Waals surface area contributed by atoms with Gasteiger partial charge in [0.1, 0.15) is 0 Å². The van der Waals surface area contributed by atoms with Gasteiger partial charge in [-0.25, -0.2) is 0 Å². The van der Waals surface area contributed by atoms with Crippen molar-refractivity contribution in [2.24, 2.45) is 0 Å². The molecule has 0 N–H and O–H groups in total. The maximum atomic E-state index is 4.86. The van der Waals surface area contributed by atoms with Gasteiger partial charge in [0.15, 0.2) is 0 Å². The molecule has 0 amide bonds. The molecule has 10 heavy (non-hydrogen) atoms. The standard InChI is InChI=1S/C5H7OS.3Y/c1-5-2-6-4-7-3-5;;;/h2,4H,3H2,1H3;;;/q-1;;;. The smallest absolute Gasteiger partial charge is 0.0465 e. The van der Waals surface area contributed by atoms with Gasteiger partial charge < -0.3 is 16.5 Å². The zero-order valence-corrected chi connectivity index (χ0v) is 15.2. The van der Waals surface area contributed by atoms with Crippen molar-refractivity contribution in [3.8, 4) is 0 Å². The maximum absolute atomic E-state index is 4.86. The SMILES string of the molecule is CC1=CO[CH-]SC1.[Y].[Y].[Y]. The van der Waals surface area contributed by atoms with Crippen LogP contribution in [0.4, 0.5) is 0 Å². The third kappa shape index (κ3) is 9.29. The van der Waals surface area contributed by atoms with Crippen molar-refractivity contribution >= 4 is 11.8 Å². The van der Waals surface area contributed by atoms with Gasteiger partial charge in [-0.1, -0.05) is 0 Å². The van der Waals surface area contributed by atoms with E-state index >= 15 is 0 Å². The van der Waals surface area contributed by atoms with E-state index < -0.39 is 0 Å². The topological polar surface area (TPSA) is 9.23 Å². The summed E-state index contributed by atoms with van der Waals surface area (Å²) in [6.45, 7) is 2.06. The van der Waals surface area contributed by atoms with Crippen LogP contribution in [0.2, 0.25) is 0 Å². The largest absolute Gasteiger partial charge is 0.657 e. The van der Waals surface area contributed by atoms with E-state index in [9.17, 15) is 0 Å². The molecule has 1 aliphatic rings. The third-order valence-electron chi connectivity index (χ3n) is 0.704. The van der Waals surface area contributed by atoms with Crippen LogP contribution in [0.25, 0.3) is 0 Å². The molecule has 0 atom stereocenters. The van der Waals surface area contributed by atoms with E-state index in [1.165, 1.54) is 5.57 Å². The van der Waals surface area contributed by atoms with Gasteiger partial charge in [-0.3, -0.25) is 0 Å². The fourth-order valence-electron chi connectivity index (χ4n) is 0.383. The van der Waals surface area contributed by atoms with Crippen LogP contribution in [0.15, 0.2) is 11.8 Å². The average Bonchev–Trinajstić information content (AvgIpc) is 1.69.